The second kappa shape index (κ2) is 11.2. The SMILES string of the molecule is CCOc1cc(/C=N/NC(=O)c2cc(-c3ccc(OCc4ccccc4Cl)cc3)n[nH]2)ccc1O. The Labute approximate surface area is 207 Å². The van der Waals surface area contributed by atoms with Crippen LogP contribution in [0.1, 0.15) is 28.5 Å². The third-order valence-electron chi connectivity index (χ3n) is 4.99. The molecule has 9 heteroatoms. The molecule has 1 heterocycles. The number of rotatable bonds is 9. The molecular weight excluding hydrogens is 468 g/mol. The number of nitrogens with zero attached hydrogens (tertiary/aromatic N) is 2. The predicted octanol–water partition coefficient (Wildman–Crippen LogP) is 5.18. The lowest BCUT2D eigenvalue weighted by Crippen LogP contribution is -2.18. The van der Waals surface area contributed by atoms with Gasteiger partial charge < -0.3 is 14.6 Å². The van der Waals surface area contributed by atoms with Crippen molar-refractivity contribution in [2.75, 3.05) is 6.61 Å². The zero-order valence-corrected chi connectivity index (χ0v) is 19.6. The number of amides is 1. The number of ether oxygens (including phenoxy) is 2. The summed E-state index contributed by atoms with van der Waals surface area (Å²) in [6.07, 6.45) is 1.46. The van der Waals surface area contributed by atoms with Crippen molar-refractivity contribution in [3.63, 3.8) is 0 Å². The van der Waals surface area contributed by atoms with E-state index in [9.17, 15) is 9.90 Å². The van der Waals surface area contributed by atoms with Crippen LogP contribution in [0.4, 0.5) is 0 Å². The van der Waals surface area contributed by atoms with Gasteiger partial charge in [0.15, 0.2) is 11.5 Å². The molecule has 1 aromatic heterocycles. The second-order valence-corrected chi connectivity index (χ2v) is 7.84. The van der Waals surface area contributed by atoms with Crippen LogP contribution in [0.2, 0.25) is 5.02 Å². The van der Waals surface area contributed by atoms with Crippen LogP contribution in [0.15, 0.2) is 77.9 Å². The molecule has 0 unspecified atom stereocenters. The van der Waals surface area contributed by atoms with Crippen LogP contribution in [0.25, 0.3) is 11.3 Å². The molecule has 8 nitrogen and oxygen atoms in total. The Morgan fingerprint density at radius 3 is 2.69 bits per heavy atom. The van der Waals surface area contributed by atoms with E-state index < -0.39 is 5.91 Å². The normalized spacial score (nSPS) is 10.9. The number of nitrogens with one attached hydrogen (secondary N) is 2. The van der Waals surface area contributed by atoms with Gasteiger partial charge in [-0.05, 0) is 67.1 Å². The molecule has 4 aromatic rings. The van der Waals surface area contributed by atoms with Crippen molar-refractivity contribution in [1.29, 1.82) is 0 Å². The lowest BCUT2D eigenvalue weighted by atomic mass is 10.1. The maximum atomic E-state index is 12.4. The van der Waals surface area contributed by atoms with E-state index in [4.69, 9.17) is 21.1 Å². The first-order valence-electron chi connectivity index (χ1n) is 10.8. The monoisotopic (exact) mass is 490 g/mol. The number of phenolic OH excluding ortho intramolecular Hbond substituents is 1. The zero-order valence-electron chi connectivity index (χ0n) is 18.9. The molecule has 3 N–H and O–H groups in total. The van der Waals surface area contributed by atoms with Gasteiger partial charge in [-0.15, -0.1) is 0 Å². The average Bonchev–Trinajstić information content (AvgIpc) is 3.36. The van der Waals surface area contributed by atoms with Crippen LogP contribution < -0.4 is 14.9 Å². The fraction of sp³-hybridized carbons (Fsp3) is 0.115. The van der Waals surface area contributed by atoms with Crippen LogP contribution in [0.3, 0.4) is 0 Å². The molecule has 0 saturated heterocycles. The highest BCUT2D eigenvalue weighted by Gasteiger charge is 2.11. The molecule has 0 spiro atoms. The van der Waals surface area contributed by atoms with E-state index in [1.807, 2.05) is 55.5 Å². The Hall–Kier alpha value is -4.30. The minimum absolute atomic E-state index is 0.0400. The van der Waals surface area contributed by atoms with Crippen molar-refractivity contribution in [1.82, 2.24) is 15.6 Å². The Kier molecular flexibility index (Phi) is 7.64. The number of carbonyl (C=O) groups is 1. The Balaban J connectivity index is 1.34. The maximum absolute atomic E-state index is 12.4. The topological polar surface area (TPSA) is 109 Å². The zero-order chi connectivity index (χ0) is 24.6. The number of aromatic amines is 1. The molecule has 3 aromatic carbocycles. The largest absolute Gasteiger partial charge is 0.504 e. The van der Waals surface area contributed by atoms with E-state index in [1.165, 1.54) is 12.3 Å². The van der Waals surface area contributed by atoms with Gasteiger partial charge in [0.1, 0.15) is 18.1 Å². The van der Waals surface area contributed by atoms with Crippen LogP contribution in [0, 0.1) is 0 Å². The number of halogens is 1. The van der Waals surface area contributed by atoms with E-state index in [0.29, 0.717) is 41.0 Å². The van der Waals surface area contributed by atoms with E-state index in [2.05, 4.69) is 20.7 Å². The molecular formula is C26H23ClN4O4. The molecule has 0 aliphatic rings. The number of hydrazone groups is 1. The first-order valence-corrected chi connectivity index (χ1v) is 11.2. The van der Waals surface area contributed by atoms with Crippen molar-refractivity contribution in [2.24, 2.45) is 5.10 Å². The van der Waals surface area contributed by atoms with Crippen LogP contribution >= 0.6 is 11.6 Å². The Bertz CT molecular complexity index is 1340. The van der Waals surface area contributed by atoms with Crippen molar-refractivity contribution >= 4 is 23.7 Å². The standard InChI is InChI=1S/C26H23ClN4O4/c1-2-34-25-13-17(7-12-24(25)32)15-28-31-26(33)23-14-22(29-30-23)18-8-10-20(11-9-18)35-16-19-5-3-4-6-21(19)27/h3-15,32H,2,16H2,1H3,(H,29,30)(H,31,33)/b28-15+. The summed E-state index contributed by atoms with van der Waals surface area (Å²) in [6.45, 7) is 2.61. The highest BCUT2D eigenvalue weighted by atomic mass is 35.5. The number of aromatic nitrogens is 2. The molecule has 0 saturated carbocycles. The van der Waals surface area contributed by atoms with Gasteiger partial charge in [-0.3, -0.25) is 9.89 Å². The third kappa shape index (κ3) is 6.18. The Morgan fingerprint density at radius 2 is 1.91 bits per heavy atom. The summed E-state index contributed by atoms with van der Waals surface area (Å²) in [5, 5.41) is 21.3. The van der Waals surface area contributed by atoms with Gasteiger partial charge in [0.25, 0.3) is 5.91 Å². The molecule has 35 heavy (non-hydrogen) atoms. The fourth-order valence-corrected chi connectivity index (χ4v) is 3.38. The lowest BCUT2D eigenvalue weighted by molar-refractivity contribution is 0.0950. The predicted molar refractivity (Wildman–Crippen MR) is 134 cm³/mol. The third-order valence-corrected chi connectivity index (χ3v) is 5.36. The van der Waals surface area contributed by atoms with Crippen LogP contribution in [-0.2, 0) is 6.61 Å². The molecule has 0 fully saturated rings. The van der Waals surface area contributed by atoms with Gasteiger partial charge >= 0.3 is 0 Å². The highest BCUT2D eigenvalue weighted by Crippen LogP contribution is 2.26. The van der Waals surface area contributed by atoms with E-state index in [0.717, 1.165) is 11.1 Å². The summed E-state index contributed by atoms with van der Waals surface area (Å²) >= 11 is 6.16. The molecule has 178 valence electrons. The lowest BCUT2D eigenvalue weighted by Gasteiger charge is -2.08. The summed E-state index contributed by atoms with van der Waals surface area (Å²) in [5.41, 5.74) is 5.71. The van der Waals surface area contributed by atoms with Gasteiger partial charge in [0.2, 0.25) is 0 Å². The van der Waals surface area contributed by atoms with Crippen LogP contribution in [-0.4, -0.2) is 34.0 Å². The number of hydrogen-bond acceptors (Lipinski definition) is 6. The molecule has 1 amide bonds. The molecule has 0 radical (unpaired) electrons. The van der Waals surface area contributed by atoms with Gasteiger partial charge in [-0.25, -0.2) is 5.43 Å². The summed E-state index contributed by atoms with van der Waals surface area (Å²) in [7, 11) is 0. The summed E-state index contributed by atoms with van der Waals surface area (Å²) in [5.74, 6) is 0.640. The number of benzene rings is 3. The minimum Gasteiger partial charge on any atom is -0.504 e. The molecule has 4 rings (SSSR count). The van der Waals surface area contributed by atoms with E-state index in [-0.39, 0.29) is 11.4 Å². The van der Waals surface area contributed by atoms with Gasteiger partial charge in [0, 0.05) is 16.1 Å². The van der Waals surface area contributed by atoms with Crippen molar-refractivity contribution in [3.8, 4) is 28.5 Å². The van der Waals surface area contributed by atoms with Crippen LogP contribution in [0.5, 0.6) is 17.2 Å². The fourth-order valence-electron chi connectivity index (χ4n) is 3.19. The van der Waals surface area contributed by atoms with Crippen molar-refractivity contribution in [3.05, 3.63) is 94.6 Å². The number of H-pyrrole nitrogens is 1. The molecule has 0 aliphatic carbocycles. The quantitative estimate of drug-likeness (QED) is 0.221. The first-order chi connectivity index (χ1) is 17.0. The van der Waals surface area contributed by atoms with Crippen molar-refractivity contribution < 1.29 is 19.4 Å². The molecule has 0 bridgehead atoms. The highest BCUT2D eigenvalue weighted by molar-refractivity contribution is 6.31. The number of hydrogen-bond donors (Lipinski definition) is 3. The summed E-state index contributed by atoms with van der Waals surface area (Å²) in [4.78, 5) is 12.4. The molecule has 0 atom stereocenters. The van der Waals surface area contributed by atoms with Gasteiger partial charge in [-0.2, -0.15) is 10.2 Å². The second-order valence-electron chi connectivity index (χ2n) is 7.43. The number of carbonyl (C=O) groups excluding carboxylic acids is 1. The van der Waals surface area contributed by atoms with Gasteiger partial charge in [0.05, 0.1) is 18.5 Å². The van der Waals surface area contributed by atoms with E-state index >= 15 is 0 Å². The first kappa shape index (κ1) is 23.8. The summed E-state index contributed by atoms with van der Waals surface area (Å²) < 4.78 is 11.1. The Morgan fingerprint density at radius 1 is 1.11 bits per heavy atom. The maximum Gasteiger partial charge on any atom is 0.289 e. The molecule has 0 aliphatic heterocycles. The minimum atomic E-state index is -0.441. The number of aromatic hydroxyl groups is 1. The summed E-state index contributed by atoms with van der Waals surface area (Å²) in [6, 6.07) is 21.3. The average molecular weight is 491 g/mol. The van der Waals surface area contributed by atoms with Gasteiger partial charge in [-0.1, -0.05) is 29.8 Å². The van der Waals surface area contributed by atoms with Crippen molar-refractivity contribution in [2.45, 2.75) is 13.5 Å². The number of phenols is 1. The van der Waals surface area contributed by atoms with E-state index in [1.54, 1.807) is 18.2 Å². The smallest absolute Gasteiger partial charge is 0.289 e.